The molecule has 4 nitrogen and oxygen atoms in total. The molecule has 3 atom stereocenters. The Labute approximate surface area is 130 Å². The van der Waals surface area contributed by atoms with Crippen molar-refractivity contribution in [3.63, 3.8) is 0 Å². The number of likely N-dealkylation sites (tertiary alicyclic amines) is 1. The van der Waals surface area contributed by atoms with E-state index in [-0.39, 0.29) is 17.2 Å². The van der Waals surface area contributed by atoms with Crippen LogP contribution in [0.1, 0.15) is 20.3 Å². The van der Waals surface area contributed by atoms with Crippen molar-refractivity contribution in [2.75, 3.05) is 31.1 Å². The van der Waals surface area contributed by atoms with E-state index < -0.39 is 0 Å². The molecule has 0 aromatic carbocycles. The third-order valence-electron chi connectivity index (χ3n) is 5.65. The van der Waals surface area contributed by atoms with E-state index in [9.17, 15) is 9.18 Å². The molecule has 22 heavy (non-hydrogen) atoms. The van der Waals surface area contributed by atoms with Gasteiger partial charge in [0.05, 0.1) is 6.20 Å². The molecule has 4 rings (SSSR count). The average molecular weight is 303 g/mol. The molecule has 0 radical (unpaired) electrons. The van der Waals surface area contributed by atoms with Crippen LogP contribution in [0.2, 0.25) is 0 Å². The molecular formula is C17H22FN3O. The normalized spacial score (nSPS) is 32.2. The number of halogens is 1. The van der Waals surface area contributed by atoms with Gasteiger partial charge in [-0.3, -0.25) is 4.79 Å². The summed E-state index contributed by atoms with van der Waals surface area (Å²) in [4.78, 5) is 21.0. The lowest BCUT2D eigenvalue weighted by Gasteiger charge is -2.23. The van der Waals surface area contributed by atoms with Crippen molar-refractivity contribution in [2.45, 2.75) is 20.3 Å². The Morgan fingerprint density at radius 2 is 1.86 bits per heavy atom. The van der Waals surface area contributed by atoms with Crippen LogP contribution in [0.5, 0.6) is 0 Å². The highest BCUT2D eigenvalue weighted by Crippen LogP contribution is 2.53. The monoisotopic (exact) mass is 303 g/mol. The summed E-state index contributed by atoms with van der Waals surface area (Å²) in [7, 11) is 0. The third-order valence-corrected chi connectivity index (χ3v) is 5.65. The lowest BCUT2D eigenvalue weighted by molar-refractivity contribution is -0.132. The quantitative estimate of drug-likeness (QED) is 0.840. The van der Waals surface area contributed by atoms with Gasteiger partial charge < -0.3 is 9.80 Å². The highest BCUT2D eigenvalue weighted by molar-refractivity contribution is 5.82. The first-order valence-corrected chi connectivity index (χ1v) is 8.09. The zero-order valence-electron chi connectivity index (χ0n) is 13.1. The van der Waals surface area contributed by atoms with Gasteiger partial charge in [-0.2, -0.15) is 0 Å². The molecule has 1 aromatic rings. The summed E-state index contributed by atoms with van der Waals surface area (Å²) < 4.78 is 13.0. The van der Waals surface area contributed by atoms with Crippen molar-refractivity contribution in [1.82, 2.24) is 9.88 Å². The van der Waals surface area contributed by atoms with Gasteiger partial charge in [-0.25, -0.2) is 9.37 Å². The molecule has 5 heteroatoms. The summed E-state index contributed by atoms with van der Waals surface area (Å²) in [5, 5.41) is 0. The van der Waals surface area contributed by atoms with Gasteiger partial charge in [0.25, 0.3) is 0 Å². The van der Waals surface area contributed by atoms with Gasteiger partial charge >= 0.3 is 0 Å². The summed E-state index contributed by atoms with van der Waals surface area (Å²) in [5.74, 6) is 2.19. The SMILES string of the molecule is CC1(C)CC1C(=O)N1CC2CN(c3ccc(F)cn3)CC2C1. The second-order valence-electron chi connectivity index (χ2n) is 7.75. The number of carbonyl (C=O) groups is 1. The predicted molar refractivity (Wildman–Crippen MR) is 81.9 cm³/mol. The number of nitrogens with zero attached hydrogens (tertiary/aromatic N) is 3. The van der Waals surface area contributed by atoms with Crippen LogP contribution < -0.4 is 4.90 Å². The molecule has 3 fully saturated rings. The average Bonchev–Trinajstić information content (AvgIpc) is 2.82. The van der Waals surface area contributed by atoms with E-state index in [4.69, 9.17) is 0 Å². The number of hydrogen-bond donors (Lipinski definition) is 0. The second-order valence-corrected chi connectivity index (χ2v) is 7.75. The zero-order chi connectivity index (χ0) is 15.5. The van der Waals surface area contributed by atoms with Crippen LogP contribution >= 0.6 is 0 Å². The number of amides is 1. The first-order chi connectivity index (χ1) is 10.4. The number of carbonyl (C=O) groups excluding carboxylic acids is 1. The van der Waals surface area contributed by atoms with Gasteiger partial charge in [-0.1, -0.05) is 13.8 Å². The lowest BCUT2D eigenvalue weighted by atomic mass is 10.0. The molecule has 2 saturated heterocycles. The first-order valence-electron chi connectivity index (χ1n) is 8.09. The highest BCUT2D eigenvalue weighted by Gasteiger charge is 2.54. The van der Waals surface area contributed by atoms with E-state index in [1.54, 1.807) is 6.07 Å². The first kappa shape index (κ1) is 14.0. The van der Waals surface area contributed by atoms with E-state index in [1.165, 1.54) is 12.3 Å². The smallest absolute Gasteiger partial charge is 0.226 e. The van der Waals surface area contributed by atoms with Crippen LogP contribution in [0.25, 0.3) is 0 Å². The van der Waals surface area contributed by atoms with Crippen molar-refractivity contribution in [3.8, 4) is 0 Å². The lowest BCUT2D eigenvalue weighted by Crippen LogP contribution is -2.35. The third kappa shape index (κ3) is 2.27. The molecule has 1 saturated carbocycles. The van der Waals surface area contributed by atoms with E-state index in [1.807, 2.05) is 0 Å². The molecule has 3 heterocycles. The van der Waals surface area contributed by atoms with E-state index in [0.29, 0.717) is 17.7 Å². The van der Waals surface area contributed by atoms with Gasteiger partial charge in [0.2, 0.25) is 5.91 Å². The molecule has 3 aliphatic rings. The standard InChI is InChI=1S/C17H22FN3O/c1-17(2)5-14(17)16(22)21-9-11-7-20(8-12(11)10-21)15-4-3-13(18)6-19-15/h3-4,6,11-12,14H,5,7-10H2,1-2H3. The Kier molecular flexibility index (Phi) is 2.97. The Morgan fingerprint density at radius 1 is 1.23 bits per heavy atom. The predicted octanol–water partition coefficient (Wildman–Crippen LogP) is 2.16. The number of hydrogen-bond acceptors (Lipinski definition) is 3. The van der Waals surface area contributed by atoms with E-state index in [2.05, 4.69) is 28.6 Å². The maximum atomic E-state index is 13.0. The summed E-state index contributed by atoms with van der Waals surface area (Å²) >= 11 is 0. The molecule has 2 aliphatic heterocycles. The summed E-state index contributed by atoms with van der Waals surface area (Å²) in [6.07, 6.45) is 2.30. The topological polar surface area (TPSA) is 36.4 Å². The molecule has 3 unspecified atom stereocenters. The summed E-state index contributed by atoms with van der Waals surface area (Å²) in [6.45, 7) is 7.92. The Hall–Kier alpha value is -1.65. The molecule has 0 N–H and O–H groups in total. The van der Waals surface area contributed by atoms with Gasteiger partial charge in [-0.15, -0.1) is 0 Å². The minimum atomic E-state index is -0.299. The molecule has 118 valence electrons. The second kappa shape index (κ2) is 4.67. The van der Waals surface area contributed by atoms with Crippen LogP contribution in [0, 0.1) is 29.0 Å². The van der Waals surface area contributed by atoms with Crippen LogP contribution in [0.15, 0.2) is 18.3 Å². The zero-order valence-corrected chi connectivity index (χ0v) is 13.1. The van der Waals surface area contributed by atoms with Crippen LogP contribution in [0.4, 0.5) is 10.2 Å². The molecule has 0 spiro atoms. The van der Waals surface area contributed by atoms with Crippen LogP contribution in [-0.4, -0.2) is 42.0 Å². The Bertz CT molecular complexity index is 586. The van der Waals surface area contributed by atoms with Crippen LogP contribution in [-0.2, 0) is 4.79 Å². The fraction of sp³-hybridized carbons (Fsp3) is 0.647. The minimum absolute atomic E-state index is 0.207. The largest absolute Gasteiger partial charge is 0.356 e. The number of aromatic nitrogens is 1. The number of pyridine rings is 1. The molecule has 0 bridgehead atoms. The summed E-state index contributed by atoms with van der Waals surface area (Å²) in [6, 6.07) is 3.20. The highest BCUT2D eigenvalue weighted by atomic mass is 19.1. The van der Waals surface area contributed by atoms with Gasteiger partial charge in [-0.05, 0) is 24.0 Å². The van der Waals surface area contributed by atoms with Gasteiger partial charge in [0.1, 0.15) is 11.6 Å². The van der Waals surface area contributed by atoms with Crippen molar-refractivity contribution in [3.05, 3.63) is 24.1 Å². The van der Waals surface area contributed by atoms with Gasteiger partial charge in [0, 0.05) is 43.9 Å². The fourth-order valence-electron chi connectivity index (χ4n) is 4.02. The molecule has 1 amide bonds. The molecule has 1 aliphatic carbocycles. The maximum absolute atomic E-state index is 13.0. The Morgan fingerprint density at radius 3 is 2.36 bits per heavy atom. The molecule has 1 aromatic heterocycles. The fourth-order valence-corrected chi connectivity index (χ4v) is 4.02. The van der Waals surface area contributed by atoms with Crippen molar-refractivity contribution >= 4 is 11.7 Å². The number of rotatable bonds is 2. The van der Waals surface area contributed by atoms with Gasteiger partial charge in [0.15, 0.2) is 0 Å². The van der Waals surface area contributed by atoms with Crippen LogP contribution in [0.3, 0.4) is 0 Å². The van der Waals surface area contributed by atoms with Crippen molar-refractivity contribution < 1.29 is 9.18 Å². The minimum Gasteiger partial charge on any atom is -0.356 e. The number of fused-ring (bicyclic) bond motifs is 1. The van der Waals surface area contributed by atoms with Crippen molar-refractivity contribution in [1.29, 1.82) is 0 Å². The van der Waals surface area contributed by atoms with Crippen molar-refractivity contribution in [2.24, 2.45) is 23.2 Å². The van der Waals surface area contributed by atoms with E-state index in [0.717, 1.165) is 38.4 Å². The summed E-state index contributed by atoms with van der Waals surface area (Å²) in [5.41, 5.74) is 0.207. The maximum Gasteiger partial charge on any atom is 0.226 e. The van der Waals surface area contributed by atoms with E-state index >= 15 is 0 Å². The Balaban J connectivity index is 1.38. The molecular weight excluding hydrogens is 281 g/mol. The number of anilines is 1.